The molecular weight excluding hydrogens is 230 g/mol. The van der Waals surface area contributed by atoms with Crippen LogP contribution in [0.1, 0.15) is 32.7 Å². The van der Waals surface area contributed by atoms with Crippen molar-refractivity contribution in [3.8, 4) is 0 Å². The summed E-state index contributed by atoms with van der Waals surface area (Å²) in [6.07, 6.45) is 0. The molecule has 1 unspecified atom stereocenters. The number of hydrogen-bond donors (Lipinski definition) is 2. The van der Waals surface area contributed by atoms with Crippen LogP contribution in [0.3, 0.4) is 0 Å². The maximum Gasteiger partial charge on any atom is 0.0900 e. The number of aryl methyl sites for hydroxylation is 3. The van der Waals surface area contributed by atoms with Crippen molar-refractivity contribution >= 4 is 11.3 Å². The highest BCUT2D eigenvalue weighted by molar-refractivity contribution is 7.11. The van der Waals surface area contributed by atoms with Crippen molar-refractivity contribution in [2.24, 2.45) is 5.84 Å². The van der Waals surface area contributed by atoms with Crippen LogP contribution in [0.5, 0.6) is 0 Å². The first-order valence-corrected chi connectivity index (χ1v) is 6.40. The van der Waals surface area contributed by atoms with Gasteiger partial charge in [-0.3, -0.25) is 5.84 Å². The maximum absolute atomic E-state index is 5.68. The molecule has 0 aliphatic rings. The van der Waals surface area contributed by atoms with Crippen molar-refractivity contribution in [1.29, 1.82) is 0 Å². The molecule has 1 heterocycles. The molecule has 0 radical (unpaired) electrons. The first-order chi connectivity index (χ1) is 8.11. The molecule has 90 valence electrons. The van der Waals surface area contributed by atoms with Gasteiger partial charge in [0.05, 0.1) is 21.6 Å². The van der Waals surface area contributed by atoms with Crippen molar-refractivity contribution in [2.45, 2.75) is 26.8 Å². The van der Waals surface area contributed by atoms with Gasteiger partial charge in [-0.1, -0.05) is 29.8 Å². The molecule has 0 fully saturated rings. The van der Waals surface area contributed by atoms with Crippen LogP contribution in [-0.4, -0.2) is 4.98 Å². The lowest BCUT2D eigenvalue weighted by Gasteiger charge is -2.15. The van der Waals surface area contributed by atoms with Crippen LogP contribution in [0.25, 0.3) is 0 Å². The van der Waals surface area contributed by atoms with Crippen LogP contribution in [0.15, 0.2) is 24.3 Å². The van der Waals surface area contributed by atoms with Crippen molar-refractivity contribution in [3.63, 3.8) is 0 Å². The molecule has 0 aliphatic heterocycles. The summed E-state index contributed by atoms with van der Waals surface area (Å²) < 4.78 is 0. The highest BCUT2D eigenvalue weighted by atomic mass is 32.1. The van der Waals surface area contributed by atoms with Gasteiger partial charge in [0.1, 0.15) is 0 Å². The molecule has 0 spiro atoms. The smallest absolute Gasteiger partial charge is 0.0900 e. The second kappa shape index (κ2) is 4.96. The molecule has 0 saturated carbocycles. The fourth-order valence-electron chi connectivity index (χ4n) is 1.90. The third kappa shape index (κ3) is 2.54. The lowest BCUT2D eigenvalue weighted by Crippen LogP contribution is -2.28. The van der Waals surface area contributed by atoms with Crippen LogP contribution in [0.2, 0.25) is 0 Å². The lowest BCUT2D eigenvalue weighted by molar-refractivity contribution is 0.642. The maximum atomic E-state index is 5.68. The Morgan fingerprint density at radius 1 is 1.18 bits per heavy atom. The number of hydrogen-bond acceptors (Lipinski definition) is 4. The summed E-state index contributed by atoms with van der Waals surface area (Å²) in [4.78, 5) is 5.63. The van der Waals surface area contributed by atoms with E-state index in [9.17, 15) is 0 Å². The quantitative estimate of drug-likeness (QED) is 0.647. The fraction of sp³-hybridized carbons (Fsp3) is 0.308. The first-order valence-electron chi connectivity index (χ1n) is 5.58. The van der Waals surface area contributed by atoms with Crippen molar-refractivity contribution in [1.82, 2.24) is 10.4 Å². The number of nitrogens with zero attached hydrogens (tertiary/aromatic N) is 1. The van der Waals surface area contributed by atoms with Crippen molar-refractivity contribution < 1.29 is 0 Å². The van der Waals surface area contributed by atoms with Crippen LogP contribution in [-0.2, 0) is 0 Å². The monoisotopic (exact) mass is 247 g/mol. The van der Waals surface area contributed by atoms with Crippen LogP contribution < -0.4 is 11.3 Å². The van der Waals surface area contributed by atoms with Gasteiger partial charge in [-0.2, -0.15) is 0 Å². The normalized spacial score (nSPS) is 12.7. The Morgan fingerprint density at radius 3 is 2.29 bits per heavy atom. The summed E-state index contributed by atoms with van der Waals surface area (Å²) in [6, 6.07) is 8.44. The Kier molecular flexibility index (Phi) is 3.57. The number of nitrogens with two attached hydrogens (primary N) is 1. The summed E-state index contributed by atoms with van der Waals surface area (Å²) in [5, 5.41) is 1.07. The van der Waals surface area contributed by atoms with Gasteiger partial charge in [0.2, 0.25) is 0 Å². The zero-order valence-corrected chi connectivity index (χ0v) is 11.1. The van der Waals surface area contributed by atoms with E-state index in [4.69, 9.17) is 5.84 Å². The first kappa shape index (κ1) is 12.2. The minimum absolute atomic E-state index is 0.0294. The molecule has 3 N–H and O–H groups in total. The van der Waals surface area contributed by atoms with E-state index in [2.05, 4.69) is 41.6 Å². The minimum Gasteiger partial charge on any atom is -0.271 e. The van der Waals surface area contributed by atoms with E-state index < -0.39 is 0 Å². The van der Waals surface area contributed by atoms with E-state index in [1.54, 1.807) is 11.3 Å². The van der Waals surface area contributed by atoms with Crippen molar-refractivity contribution in [3.05, 3.63) is 51.0 Å². The Labute approximate surface area is 106 Å². The Hall–Kier alpha value is -1.23. The average Bonchev–Trinajstić information content (AvgIpc) is 2.62. The highest BCUT2D eigenvalue weighted by Crippen LogP contribution is 2.29. The molecule has 0 amide bonds. The molecule has 3 nitrogen and oxygen atoms in total. The number of rotatable bonds is 3. The minimum atomic E-state index is 0.0294. The van der Waals surface area contributed by atoms with Gasteiger partial charge in [-0.25, -0.2) is 10.4 Å². The highest BCUT2D eigenvalue weighted by Gasteiger charge is 2.17. The van der Waals surface area contributed by atoms with E-state index in [0.29, 0.717) is 0 Å². The summed E-state index contributed by atoms with van der Waals surface area (Å²) in [6.45, 7) is 6.12. The number of nitrogens with one attached hydrogen (secondary N) is 1. The molecule has 1 aromatic heterocycles. The molecular formula is C13H17N3S. The number of hydrazine groups is 1. The van der Waals surface area contributed by atoms with E-state index in [1.807, 2.05) is 13.8 Å². The van der Waals surface area contributed by atoms with Gasteiger partial charge in [0, 0.05) is 0 Å². The molecule has 17 heavy (non-hydrogen) atoms. The molecule has 4 heteroatoms. The number of benzene rings is 1. The fourth-order valence-corrected chi connectivity index (χ4v) is 2.91. The van der Waals surface area contributed by atoms with Gasteiger partial charge in [0.15, 0.2) is 0 Å². The molecule has 0 saturated heterocycles. The molecule has 2 rings (SSSR count). The number of aromatic nitrogens is 1. The lowest BCUT2D eigenvalue weighted by atomic mass is 10.0. The molecule has 1 atom stereocenters. The van der Waals surface area contributed by atoms with E-state index >= 15 is 0 Å². The van der Waals surface area contributed by atoms with Crippen molar-refractivity contribution in [2.75, 3.05) is 0 Å². The van der Waals surface area contributed by atoms with Crippen LogP contribution >= 0.6 is 11.3 Å². The van der Waals surface area contributed by atoms with E-state index in [0.717, 1.165) is 10.7 Å². The molecule has 0 aliphatic carbocycles. The summed E-state index contributed by atoms with van der Waals surface area (Å²) in [7, 11) is 0. The van der Waals surface area contributed by atoms with Gasteiger partial charge in [-0.05, 0) is 26.3 Å². The van der Waals surface area contributed by atoms with Gasteiger partial charge in [0.25, 0.3) is 0 Å². The average molecular weight is 247 g/mol. The summed E-state index contributed by atoms with van der Waals surface area (Å²) in [5.74, 6) is 5.68. The molecule has 2 aromatic rings. The number of thiazole rings is 1. The SMILES string of the molecule is Cc1ccc(C(NN)c2sc(C)nc2C)cc1. The second-order valence-electron chi connectivity index (χ2n) is 4.19. The Balaban J connectivity index is 2.39. The predicted molar refractivity (Wildman–Crippen MR) is 71.9 cm³/mol. The topological polar surface area (TPSA) is 50.9 Å². The Bertz CT molecular complexity index is 502. The standard InChI is InChI=1S/C13H17N3S/c1-8-4-6-11(7-5-8)12(16-14)13-9(2)15-10(3)17-13/h4-7,12,16H,14H2,1-3H3. The van der Waals surface area contributed by atoms with Gasteiger partial charge < -0.3 is 0 Å². The van der Waals surface area contributed by atoms with Crippen LogP contribution in [0.4, 0.5) is 0 Å². The predicted octanol–water partition coefficient (Wildman–Crippen LogP) is 2.62. The summed E-state index contributed by atoms with van der Waals surface area (Å²) in [5.41, 5.74) is 6.35. The Morgan fingerprint density at radius 2 is 1.82 bits per heavy atom. The third-order valence-corrected chi connectivity index (χ3v) is 3.92. The molecule has 0 bridgehead atoms. The second-order valence-corrected chi connectivity index (χ2v) is 5.43. The zero-order chi connectivity index (χ0) is 12.4. The van der Waals surface area contributed by atoms with Gasteiger partial charge in [-0.15, -0.1) is 11.3 Å². The van der Waals surface area contributed by atoms with E-state index in [1.165, 1.54) is 16.0 Å². The summed E-state index contributed by atoms with van der Waals surface area (Å²) >= 11 is 1.69. The molecule has 1 aromatic carbocycles. The van der Waals surface area contributed by atoms with Crippen LogP contribution in [0, 0.1) is 20.8 Å². The zero-order valence-electron chi connectivity index (χ0n) is 10.3. The van der Waals surface area contributed by atoms with Gasteiger partial charge >= 0.3 is 0 Å². The third-order valence-electron chi connectivity index (χ3n) is 2.78. The largest absolute Gasteiger partial charge is 0.271 e. The van der Waals surface area contributed by atoms with E-state index in [-0.39, 0.29) is 6.04 Å².